The molecule has 0 radical (unpaired) electrons. The van der Waals surface area contributed by atoms with Crippen LogP contribution in [-0.4, -0.2) is 11.8 Å². The third-order valence-corrected chi connectivity index (χ3v) is 4.55. The van der Waals surface area contributed by atoms with Crippen LogP contribution < -0.4 is 5.73 Å². The maximum absolute atomic E-state index is 6.20. The van der Waals surface area contributed by atoms with Crippen molar-refractivity contribution in [2.75, 3.05) is 5.75 Å². The zero-order valence-electron chi connectivity index (χ0n) is 11.0. The lowest BCUT2D eigenvalue weighted by atomic mass is 10.1. The maximum Gasteiger partial charge on any atom is 0.0186 e. The molecule has 0 saturated carbocycles. The van der Waals surface area contributed by atoms with Crippen molar-refractivity contribution in [3.05, 3.63) is 64.1 Å². The van der Waals surface area contributed by atoms with Crippen LogP contribution >= 0.6 is 27.7 Å². The van der Waals surface area contributed by atoms with Gasteiger partial charge in [-0.15, -0.1) is 11.8 Å². The topological polar surface area (TPSA) is 26.0 Å². The van der Waals surface area contributed by atoms with Gasteiger partial charge >= 0.3 is 0 Å². The molecule has 2 rings (SSSR count). The summed E-state index contributed by atoms with van der Waals surface area (Å²) in [5, 5.41) is 0. The Morgan fingerprint density at radius 2 is 1.89 bits per heavy atom. The fourth-order valence-corrected chi connectivity index (χ4v) is 3.31. The molecule has 1 atom stereocenters. The number of halogens is 1. The van der Waals surface area contributed by atoms with Gasteiger partial charge in [-0.1, -0.05) is 51.8 Å². The lowest BCUT2D eigenvalue weighted by Gasteiger charge is -2.11. The fraction of sp³-hybridized carbons (Fsp3) is 0.250. The van der Waals surface area contributed by atoms with Crippen molar-refractivity contribution in [2.45, 2.75) is 24.3 Å². The van der Waals surface area contributed by atoms with Crippen LogP contribution in [0.2, 0.25) is 0 Å². The van der Waals surface area contributed by atoms with Crippen LogP contribution in [0.25, 0.3) is 0 Å². The molecule has 0 fully saturated rings. The Labute approximate surface area is 127 Å². The predicted octanol–water partition coefficient (Wildman–Crippen LogP) is 4.42. The Kier molecular flexibility index (Phi) is 5.49. The quantitative estimate of drug-likeness (QED) is 0.818. The second-order valence-electron chi connectivity index (χ2n) is 4.72. The summed E-state index contributed by atoms with van der Waals surface area (Å²) in [6, 6.07) is 17.1. The van der Waals surface area contributed by atoms with Crippen LogP contribution in [0.5, 0.6) is 0 Å². The van der Waals surface area contributed by atoms with E-state index in [4.69, 9.17) is 5.73 Å². The normalized spacial score (nSPS) is 12.4. The van der Waals surface area contributed by atoms with Crippen molar-refractivity contribution in [2.24, 2.45) is 5.73 Å². The molecule has 1 nitrogen and oxygen atoms in total. The van der Waals surface area contributed by atoms with Crippen molar-refractivity contribution < 1.29 is 0 Å². The van der Waals surface area contributed by atoms with E-state index >= 15 is 0 Å². The van der Waals surface area contributed by atoms with Gasteiger partial charge in [-0.05, 0) is 37.1 Å². The third kappa shape index (κ3) is 5.01. The van der Waals surface area contributed by atoms with Crippen molar-refractivity contribution in [3.63, 3.8) is 0 Å². The van der Waals surface area contributed by atoms with Crippen LogP contribution in [0.1, 0.15) is 11.1 Å². The number of nitrogens with two attached hydrogens (primary N) is 1. The number of aryl methyl sites for hydroxylation is 1. The summed E-state index contributed by atoms with van der Waals surface area (Å²) in [5.74, 6) is 0.935. The highest BCUT2D eigenvalue weighted by Crippen LogP contribution is 2.22. The van der Waals surface area contributed by atoms with Crippen LogP contribution in [-0.2, 0) is 6.42 Å². The minimum atomic E-state index is 0.187. The molecule has 2 aromatic carbocycles. The van der Waals surface area contributed by atoms with Gasteiger partial charge < -0.3 is 5.73 Å². The summed E-state index contributed by atoms with van der Waals surface area (Å²) in [6.45, 7) is 2.10. The van der Waals surface area contributed by atoms with E-state index in [1.165, 1.54) is 16.0 Å². The Hall–Kier alpha value is -0.770. The first-order valence-electron chi connectivity index (χ1n) is 6.33. The lowest BCUT2D eigenvalue weighted by Crippen LogP contribution is -2.25. The van der Waals surface area contributed by atoms with E-state index in [-0.39, 0.29) is 6.04 Å². The minimum absolute atomic E-state index is 0.187. The Bertz CT molecular complexity index is 525. The van der Waals surface area contributed by atoms with Crippen LogP contribution in [0.3, 0.4) is 0 Å². The molecule has 2 N–H and O–H groups in total. The van der Waals surface area contributed by atoms with Crippen molar-refractivity contribution in [1.29, 1.82) is 0 Å². The van der Waals surface area contributed by atoms with E-state index in [1.54, 1.807) is 0 Å². The molecule has 0 aliphatic heterocycles. The lowest BCUT2D eigenvalue weighted by molar-refractivity contribution is 0.748. The summed E-state index contributed by atoms with van der Waals surface area (Å²) >= 11 is 5.30. The summed E-state index contributed by atoms with van der Waals surface area (Å²) in [6.07, 6.45) is 0.932. The first kappa shape index (κ1) is 14.6. The molecule has 19 heavy (non-hydrogen) atoms. The average molecular weight is 336 g/mol. The Morgan fingerprint density at radius 1 is 1.16 bits per heavy atom. The molecule has 0 amide bonds. The van der Waals surface area contributed by atoms with Gasteiger partial charge in [0.2, 0.25) is 0 Å². The number of rotatable bonds is 5. The van der Waals surface area contributed by atoms with E-state index in [9.17, 15) is 0 Å². The largest absolute Gasteiger partial charge is 0.327 e. The predicted molar refractivity (Wildman–Crippen MR) is 87.7 cm³/mol. The van der Waals surface area contributed by atoms with Crippen LogP contribution in [0, 0.1) is 6.92 Å². The van der Waals surface area contributed by atoms with Gasteiger partial charge in [0.25, 0.3) is 0 Å². The Balaban J connectivity index is 1.84. The van der Waals surface area contributed by atoms with Gasteiger partial charge in [-0.3, -0.25) is 0 Å². The molecule has 0 aliphatic rings. The van der Waals surface area contributed by atoms with Crippen molar-refractivity contribution >= 4 is 27.7 Å². The van der Waals surface area contributed by atoms with Crippen molar-refractivity contribution in [3.8, 4) is 0 Å². The van der Waals surface area contributed by atoms with E-state index in [0.29, 0.717) is 0 Å². The standard InChI is InChI=1S/C16H18BrNS/c1-12-5-7-13(8-6-12)9-15(18)11-19-16-4-2-3-14(17)10-16/h2-8,10,15H,9,11,18H2,1H3. The zero-order valence-corrected chi connectivity index (χ0v) is 13.4. The van der Waals surface area contributed by atoms with Crippen LogP contribution in [0.4, 0.5) is 0 Å². The molecule has 1 unspecified atom stereocenters. The highest BCUT2D eigenvalue weighted by molar-refractivity contribution is 9.10. The van der Waals surface area contributed by atoms with Crippen molar-refractivity contribution in [1.82, 2.24) is 0 Å². The van der Waals surface area contributed by atoms with E-state index in [1.807, 2.05) is 17.8 Å². The molecule has 0 bridgehead atoms. The second-order valence-corrected chi connectivity index (χ2v) is 6.73. The van der Waals surface area contributed by atoms with E-state index in [0.717, 1.165) is 16.6 Å². The molecule has 3 heteroatoms. The molecule has 0 saturated heterocycles. The van der Waals surface area contributed by atoms with Gasteiger partial charge in [0, 0.05) is 21.2 Å². The van der Waals surface area contributed by atoms with Gasteiger partial charge in [0.05, 0.1) is 0 Å². The summed E-state index contributed by atoms with van der Waals surface area (Å²) in [7, 11) is 0. The van der Waals surface area contributed by atoms with Gasteiger partial charge in [-0.25, -0.2) is 0 Å². The number of benzene rings is 2. The molecule has 0 spiro atoms. The van der Waals surface area contributed by atoms with E-state index in [2.05, 4.69) is 65.3 Å². The van der Waals surface area contributed by atoms with Gasteiger partial charge in [-0.2, -0.15) is 0 Å². The smallest absolute Gasteiger partial charge is 0.0186 e. The highest BCUT2D eigenvalue weighted by atomic mass is 79.9. The summed E-state index contributed by atoms with van der Waals surface area (Å²) in [4.78, 5) is 1.26. The minimum Gasteiger partial charge on any atom is -0.327 e. The summed E-state index contributed by atoms with van der Waals surface area (Å²) < 4.78 is 1.12. The monoisotopic (exact) mass is 335 g/mol. The van der Waals surface area contributed by atoms with Gasteiger partial charge in [0.15, 0.2) is 0 Å². The molecule has 100 valence electrons. The molecular weight excluding hydrogens is 318 g/mol. The highest BCUT2D eigenvalue weighted by Gasteiger charge is 2.05. The fourth-order valence-electron chi connectivity index (χ4n) is 1.85. The van der Waals surface area contributed by atoms with Crippen LogP contribution in [0.15, 0.2) is 57.9 Å². The maximum atomic E-state index is 6.20. The number of hydrogen-bond acceptors (Lipinski definition) is 2. The molecule has 0 heterocycles. The SMILES string of the molecule is Cc1ccc(CC(N)CSc2cccc(Br)c2)cc1. The third-order valence-electron chi connectivity index (χ3n) is 2.88. The first-order valence-corrected chi connectivity index (χ1v) is 8.11. The van der Waals surface area contributed by atoms with Gasteiger partial charge in [0.1, 0.15) is 0 Å². The first-order chi connectivity index (χ1) is 9.13. The van der Waals surface area contributed by atoms with E-state index < -0.39 is 0 Å². The molecule has 0 aromatic heterocycles. The molecule has 0 aliphatic carbocycles. The second kappa shape index (κ2) is 7.13. The zero-order chi connectivity index (χ0) is 13.7. The average Bonchev–Trinajstić information content (AvgIpc) is 2.39. The summed E-state index contributed by atoms with van der Waals surface area (Å²) in [5.41, 5.74) is 8.80. The number of hydrogen-bond donors (Lipinski definition) is 1. The Morgan fingerprint density at radius 3 is 2.58 bits per heavy atom. The number of thioether (sulfide) groups is 1. The molecular formula is C16H18BrNS. The molecule has 2 aromatic rings.